The predicted octanol–water partition coefficient (Wildman–Crippen LogP) is 4.17. The van der Waals surface area contributed by atoms with Crippen molar-refractivity contribution < 1.29 is 9.53 Å². The van der Waals surface area contributed by atoms with Crippen LogP contribution in [0.5, 0.6) is 5.75 Å². The number of carbonyl (C=O) groups excluding carboxylic acids is 1. The second kappa shape index (κ2) is 10.4. The zero-order chi connectivity index (χ0) is 27.1. The molecule has 0 atom stereocenters. The molecule has 1 fully saturated rings. The average Bonchev–Trinajstić information content (AvgIpc) is 3.40. The first-order valence-electron chi connectivity index (χ1n) is 13.6. The van der Waals surface area contributed by atoms with E-state index in [4.69, 9.17) is 9.72 Å². The highest BCUT2D eigenvalue weighted by Crippen LogP contribution is 2.45. The number of pyridine rings is 1. The zero-order valence-corrected chi connectivity index (χ0v) is 23.2. The van der Waals surface area contributed by atoms with E-state index in [1.807, 2.05) is 57.8 Å². The van der Waals surface area contributed by atoms with Crippen LogP contribution in [0.4, 0.5) is 5.69 Å². The molecule has 1 N–H and O–H groups in total. The number of fused-ring (bicyclic) bond motifs is 5. The molecule has 2 aliphatic heterocycles. The van der Waals surface area contributed by atoms with Crippen molar-refractivity contribution in [2.75, 3.05) is 72.4 Å². The van der Waals surface area contributed by atoms with Crippen LogP contribution in [-0.2, 0) is 6.61 Å². The zero-order valence-electron chi connectivity index (χ0n) is 23.2. The monoisotopic (exact) mass is 524 g/mol. The number of benzene rings is 2. The van der Waals surface area contributed by atoms with Gasteiger partial charge in [-0.15, -0.1) is 0 Å². The average molecular weight is 525 g/mol. The Morgan fingerprint density at radius 2 is 1.74 bits per heavy atom. The minimum atomic E-state index is 0.0252. The summed E-state index contributed by atoms with van der Waals surface area (Å²) in [7, 11) is 8.05. The Labute approximate surface area is 229 Å². The fourth-order valence-corrected chi connectivity index (χ4v) is 5.47. The number of aromatic amines is 1. The van der Waals surface area contributed by atoms with Crippen LogP contribution in [0.2, 0.25) is 0 Å². The second-order valence-corrected chi connectivity index (χ2v) is 11.0. The van der Waals surface area contributed by atoms with Crippen molar-refractivity contribution in [1.82, 2.24) is 24.7 Å². The van der Waals surface area contributed by atoms with E-state index < -0.39 is 0 Å². The molecule has 39 heavy (non-hydrogen) atoms. The van der Waals surface area contributed by atoms with Crippen LogP contribution >= 0.6 is 0 Å². The molecule has 0 radical (unpaired) electrons. The summed E-state index contributed by atoms with van der Waals surface area (Å²) in [5.41, 5.74) is 8.16. The molecule has 2 aromatic carbocycles. The highest BCUT2D eigenvalue weighted by Gasteiger charge is 2.25. The number of H-pyrrole nitrogens is 1. The minimum absolute atomic E-state index is 0.0252. The smallest absolute Gasteiger partial charge is 0.253 e. The molecular weight excluding hydrogens is 488 g/mol. The van der Waals surface area contributed by atoms with E-state index >= 15 is 0 Å². The number of hydrogen-bond donors (Lipinski definition) is 1. The lowest BCUT2D eigenvalue weighted by Crippen LogP contribution is -2.44. The molecule has 0 aliphatic carbocycles. The van der Waals surface area contributed by atoms with Gasteiger partial charge in [0.1, 0.15) is 18.0 Å². The molecule has 0 saturated carbocycles. The lowest BCUT2D eigenvalue weighted by Gasteiger charge is -2.34. The summed E-state index contributed by atoms with van der Waals surface area (Å²) in [6, 6.07) is 14.5. The number of nitrogens with zero attached hydrogens (tertiary/aromatic N) is 5. The molecule has 8 heteroatoms. The minimum Gasteiger partial charge on any atom is -0.487 e. The van der Waals surface area contributed by atoms with Gasteiger partial charge in [0.05, 0.1) is 5.39 Å². The Bertz CT molecular complexity index is 1500. The first-order chi connectivity index (χ1) is 18.9. The third kappa shape index (κ3) is 4.86. The van der Waals surface area contributed by atoms with Gasteiger partial charge in [-0.1, -0.05) is 18.2 Å². The van der Waals surface area contributed by atoms with Gasteiger partial charge in [-0.2, -0.15) is 0 Å². The Kier molecular flexibility index (Phi) is 6.74. The van der Waals surface area contributed by atoms with E-state index in [0.29, 0.717) is 18.7 Å². The van der Waals surface area contributed by atoms with Crippen molar-refractivity contribution >= 4 is 22.6 Å². The number of likely N-dealkylation sites (N-methyl/N-ethyl adjacent to an activating group) is 3. The number of carbonyl (C=O) groups is 1. The van der Waals surface area contributed by atoms with Crippen LogP contribution in [-0.4, -0.2) is 98.0 Å². The summed E-state index contributed by atoms with van der Waals surface area (Å²) >= 11 is 0. The number of amides is 1. The van der Waals surface area contributed by atoms with E-state index in [0.717, 1.165) is 66.2 Å². The summed E-state index contributed by atoms with van der Waals surface area (Å²) in [6.07, 6.45) is 3.89. The van der Waals surface area contributed by atoms with Gasteiger partial charge in [-0.25, -0.2) is 4.98 Å². The van der Waals surface area contributed by atoms with Gasteiger partial charge in [-0.3, -0.25) is 4.79 Å². The van der Waals surface area contributed by atoms with Crippen LogP contribution in [0, 0.1) is 0 Å². The molecule has 2 aliphatic rings. The summed E-state index contributed by atoms with van der Waals surface area (Å²) in [5.74, 6) is 0.886. The van der Waals surface area contributed by atoms with Crippen LogP contribution in [0.15, 0.2) is 54.9 Å². The van der Waals surface area contributed by atoms with Crippen molar-refractivity contribution in [3.05, 3.63) is 66.0 Å². The van der Waals surface area contributed by atoms with E-state index in [9.17, 15) is 4.79 Å². The van der Waals surface area contributed by atoms with Gasteiger partial charge in [0.2, 0.25) is 0 Å². The standard InChI is InChI=1S/C31H36N6O2/c1-34(2)11-14-36(4)31(38)22-7-5-21(6-8-22)26-18-32-30-28(26)29-27(19-33-30)25-10-9-24(17-23(25)20-39-29)37-15-12-35(3)13-16-37/h5-10,17-19H,11-16,20H2,1-4H3,(H,32,33). The molecular formula is C31H36N6O2. The highest BCUT2D eigenvalue weighted by molar-refractivity contribution is 6.03. The maximum atomic E-state index is 12.9. The van der Waals surface area contributed by atoms with E-state index in [2.05, 4.69) is 44.9 Å². The number of rotatable bonds is 6. The lowest BCUT2D eigenvalue weighted by atomic mass is 9.95. The van der Waals surface area contributed by atoms with Crippen molar-refractivity contribution in [3.8, 4) is 28.0 Å². The number of ether oxygens (including phenoxy) is 1. The fraction of sp³-hybridized carbons (Fsp3) is 0.355. The van der Waals surface area contributed by atoms with Crippen molar-refractivity contribution in [1.29, 1.82) is 0 Å². The predicted molar refractivity (Wildman–Crippen MR) is 157 cm³/mol. The molecule has 6 rings (SSSR count). The number of anilines is 1. The summed E-state index contributed by atoms with van der Waals surface area (Å²) in [5, 5.41) is 0.975. The van der Waals surface area contributed by atoms with Crippen molar-refractivity contribution in [2.45, 2.75) is 6.61 Å². The number of nitrogens with one attached hydrogen (secondary N) is 1. The van der Waals surface area contributed by atoms with Gasteiger partial charge < -0.3 is 29.3 Å². The molecule has 0 bridgehead atoms. The summed E-state index contributed by atoms with van der Waals surface area (Å²) in [6.45, 7) is 6.28. The molecule has 1 saturated heterocycles. The van der Waals surface area contributed by atoms with Crippen molar-refractivity contribution in [3.63, 3.8) is 0 Å². The first kappa shape index (κ1) is 25.4. The van der Waals surface area contributed by atoms with Crippen LogP contribution in [0.1, 0.15) is 15.9 Å². The highest BCUT2D eigenvalue weighted by atomic mass is 16.5. The van der Waals surface area contributed by atoms with Crippen LogP contribution < -0.4 is 9.64 Å². The molecule has 2 aromatic heterocycles. The largest absolute Gasteiger partial charge is 0.487 e. The fourth-order valence-electron chi connectivity index (χ4n) is 5.47. The molecule has 4 heterocycles. The third-order valence-electron chi connectivity index (χ3n) is 7.95. The number of aromatic nitrogens is 2. The lowest BCUT2D eigenvalue weighted by molar-refractivity contribution is 0.0786. The quantitative estimate of drug-likeness (QED) is 0.408. The summed E-state index contributed by atoms with van der Waals surface area (Å²) in [4.78, 5) is 29.6. The van der Waals surface area contributed by atoms with Crippen molar-refractivity contribution in [2.24, 2.45) is 0 Å². The van der Waals surface area contributed by atoms with E-state index in [-0.39, 0.29) is 5.91 Å². The van der Waals surface area contributed by atoms with Gasteiger partial charge in [0, 0.05) is 81.1 Å². The second-order valence-electron chi connectivity index (χ2n) is 11.0. The normalized spacial score (nSPS) is 15.3. The van der Waals surface area contributed by atoms with Gasteiger partial charge in [0.15, 0.2) is 0 Å². The molecule has 8 nitrogen and oxygen atoms in total. The first-order valence-corrected chi connectivity index (χ1v) is 13.6. The van der Waals surface area contributed by atoms with Gasteiger partial charge >= 0.3 is 0 Å². The third-order valence-corrected chi connectivity index (χ3v) is 7.95. The Morgan fingerprint density at radius 1 is 0.974 bits per heavy atom. The molecule has 0 unspecified atom stereocenters. The van der Waals surface area contributed by atoms with Crippen LogP contribution in [0.3, 0.4) is 0 Å². The van der Waals surface area contributed by atoms with E-state index in [1.54, 1.807) is 4.90 Å². The topological polar surface area (TPSA) is 67.9 Å². The number of piperazine rings is 1. The van der Waals surface area contributed by atoms with E-state index in [1.165, 1.54) is 16.8 Å². The Hall–Kier alpha value is -3.88. The molecule has 4 aromatic rings. The number of hydrogen-bond acceptors (Lipinski definition) is 6. The molecule has 0 spiro atoms. The maximum absolute atomic E-state index is 12.9. The molecule has 202 valence electrons. The SMILES string of the molecule is CN(C)CCN(C)C(=O)c1ccc(-c2c[nH]c3ncc4c(c23)OCc2cc(N3CCN(C)CC3)ccc2-4)cc1. The Morgan fingerprint density at radius 3 is 2.49 bits per heavy atom. The van der Waals surface area contributed by atoms with Crippen LogP contribution in [0.25, 0.3) is 33.3 Å². The molecule has 1 amide bonds. The van der Waals surface area contributed by atoms with Gasteiger partial charge in [0.25, 0.3) is 5.91 Å². The summed E-state index contributed by atoms with van der Waals surface area (Å²) < 4.78 is 6.43. The van der Waals surface area contributed by atoms with Gasteiger partial charge in [-0.05, 0) is 62.1 Å². The maximum Gasteiger partial charge on any atom is 0.253 e. The Balaban J connectivity index is 1.29.